The van der Waals surface area contributed by atoms with Crippen LogP contribution in [0.3, 0.4) is 0 Å². The molecule has 17 heavy (non-hydrogen) atoms. The summed E-state index contributed by atoms with van der Waals surface area (Å²) in [5.41, 5.74) is 0.543. The number of nitriles is 1. The number of nitrogens with zero attached hydrogens (tertiary/aromatic N) is 3. The summed E-state index contributed by atoms with van der Waals surface area (Å²) in [7, 11) is 0. The van der Waals surface area contributed by atoms with Gasteiger partial charge in [0.05, 0.1) is 11.0 Å². The van der Waals surface area contributed by atoms with E-state index in [4.69, 9.17) is 5.26 Å². The lowest BCUT2D eigenvalue weighted by Gasteiger charge is -2.18. The molecule has 1 heterocycles. The molecule has 0 spiro atoms. The molecular weight excluding hydrogens is 234 g/mol. The maximum Gasteiger partial charge on any atom is 0.230 e. The van der Waals surface area contributed by atoms with Gasteiger partial charge in [-0.25, -0.2) is 4.31 Å². The van der Waals surface area contributed by atoms with Gasteiger partial charge in [-0.1, -0.05) is 12.1 Å². The fourth-order valence-electron chi connectivity index (χ4n) is 1.85. The van der Waals surface area contributed by atoms with Crippen molar-refractivity contribution in [2.75, 3.05) is 6.54 Å². The van der Waals surface area contributed by atoms with Gasteiger partial charge in [-0.3, -0.25) is 0 Å². The van der Waals surface area contributed by atoms with Crippen molar-refractivity contribution >= 4 is 24.4 Å². The van der Waals surface area contributed by atoms with Crippen LogP contribution in [0.15, 0.2) is 29.2 Å². The number of benzene rings is 1. The Labute approximate surface area is 105 Å². The fraction of sp³-hybridized carbons (Fsp3) is 0.333. The molecule has 1 aliphatic rings. The third-order valence-corrected chi connectivity index (χ3v) is 3.92. The van der Waals surface area contributed by atoms with E-state index in [-0.39, 0.29) is 6.04 Å². The van der Waals surface area contributed by atoms with Crippen LogP contribution in [0.4, 0.5) is 5.69 Å². The van der Waals surface area contributed by atoms with Crippen LogP contribution in [0.2, 0.25) is 0 Å². The van der Waals surface area contributed by atoms with Gasteiger partial charge >= 0.3 is 0 Å². The smallest absolute Gasteiger partial charge is 0.230 e. The number of hydrogen-bond acceptors (Lipinski definition) is 4. The third-order valence-electron chi connectivity index (χ3n) is 2.70. The molecule has 1 aromatic rings. The number of hydrogen-bond donors (Lipinski definition) is 0. The molecule has 0 saturated carbocycles. The first-order valence-electron chi connectivity index (χ1n) is 5.43. The molecule has 0 aliphatic carbocycles. The van der Waals surface area contributed by atoms with Gasteiger partial charge in [-0.05, 0) is 30.9 Å². The van der Waals surface area contributed by atoms with Crippen LogP contribution in [0, 0.1) is 16.5 Å². The van der Waals surface area contributed by atoms with Crippen LogP contribution in [-0.4, -0.2) is 28.3 Å². The van der Waals surface area contributed by atoms with Gasteiger partial charge in [-0.2, -0.15) is 10.0 Å². The van der Waals surface area contributed by atoms with Crippen molar-refractivity contribution in [2.45, 2.75) is 23.8 Å². The highest BCUT2D eigenvalue weighted by atomic mass is 32.2. The Morgan fingerprint density at radius 2 is 2.29 bits per heavy atom. The van der Waals surface area contributed by atoms with E-state index in [1.54, 1.807) is 12.1 Å². The predicted octanol–water partition coefficient (Wildman–Crippen LogP) is 2.52. The van der Waals surface area contributed by atoms with Crippen molar-refractivity contribution < 1.29 is 4.74 Å². The molecule has 0 N–H and O–H groups in total. The van der Waals surface area contributed by atoms with Gasteiger partial charge < -0.3 is 5.21 Å². The second kappa shape index (κ2) is 5.21. The number of rotatable bonds is 3. The molecule has 0 amide bonds. The average Bonchev–Trinajstić information content (AvgIpc) is 2.77. The molecule has 0 radical (unpaired) electrons. The van der Waals surface area contributed by atoms with Crippen molar-refractivity contribution in [3.05, 3.63) is 29.5 Å². The van der Waals surface area contributed by atoms with Crippen LogP contribution in [0.1, 0.15) is 12.8 Å². The van der Waals surface area contributed by atoms with Crippen LogP contribution >= 0.6 is 11.9 Å². The summed E-state index contributed by atoms with van der Waals surface area (Å²) in [6, 6.07) is 9.53. The molecule has 1 aromatic carbocycles. The second-order valence-corrected chi connectivity index (χ2v) is 4.96. The Morgan fingerprint density at radius 3 is 3.00 bits per heavy atom. The van der Waals surface area contributed by atoms with E-state index >= 15 is 0 Å². The summed E-state index contributed by atoms with van der Waals surface area (Å²) in [5.74, 6) is 0. The fourth-order valence-corrected chi connectivity index (χ4v) is 3.00. The van der Waals surface area contributed by atoms with Crippen molar-refractivity contribution in [3.8, 4) is 6.07 Å². The minimum Gasteiger partial charge on any atom is -0.619 e. The van der Waals surface area contributed by atoms with Crippen molar-refractivity contribution in [3.63, 3.8) is 0 Å². The quantitative estimate of drug-likeness (QED) is 0.271. The normalized spacial score (nSPS) is 20.1. The highest BCUT2D eigenvalue weighted by molar-refractivity contribution is 7.97. The van der Waals surface area contributed by atoms with E-state index in [0.717, 1.165) is 24.3 Å². The predicted molar refractivity (Wildman–Crippen MR) is 68.0 cm³/mol. The average molecular weight is 247 g/mol. The largest absolute Gasteiger partial charge is 0.619 e. The van der Waals surface area contributed by atoms with Crippen LogP contribution in [0.25, 0.3) is 0 Å². The summed E-state index contributed by atoms with van der Waals surface area (Å²) in [4.78, 5) is 0.847. The van der Waals surface area contributed by atoms with E-state index in [1.165, 1.54) is 11.9 Å². The zero-order chi connectivity index (χ0) is 12.3. The van der Waals surface area contributed by atoms with E-state index in [1.807, 2.05) is 16.4 Å². The topological polar surface area (TPSA) is 53.1 Å². The first kappa shape index (κ1) is 12.0. The zero-order valence-electron chi connectivity index (χ0n) is 9.37. The SMILES string of the molecule is C=[N+]([O-])c1ccccc1SN1CCC[C@H]1C#N. The van der Waals surface area contributed by atoms with Gasteiger partial charge in [0.2, 0.25) is 5.69 Å². The standard InChI is InChI=1S/C12H13N3OS/c1-14(16)11-6-2-3-7-12(11)17-15-8-4-5-10(15)9-13/h2-3,6-7,10H,1,4-5,8H2/t10-/m0/s1. The van der Waals surface area contributed by atoms with Gasteiger partial charge in [0.1, 0.15) is 12.8 Å². The maximum atomic E-state index is 11.3. The molecule has 2 rings (SSSR count). The molecule has 1 saturated heterocycles. The highest BCUT2D eigenvalue weighted by Gasteiger charge is 2.26. The van der Waals surface area contributed by atoms with E-state index in [0.29, 0.717) is 10.4 Å². The van der Waals surface area contributed by atoms with E-state index < -0.39 is 0 Å². The minimum atomic E-state index is -0.0574. The third kappa shape index (κ3) is 2.60. The summed E-state index contributed by atoms with van der Waals surface area (Å²) in [5, 5.41) is 20.3. The number of para-hydroxylation sites is 1. The summed E-state index contributed by atoms with van der Waals surface area (Å²) in [6.45, 7) is 4.25. The van der Waals surface area contributed by atoms with E-state index in [2.05, 4.69) is 12.8 Å². The first-order chi connectivity index (χ1) is 8.22. The summed E-state index contributed by atoms with van der Waals surface area (Å²) < 4.78 is 2.64. The van der Waals surface area contributed by atoms with Crippen molar-refractivity contribution in [1.29, 1.82) is 5.26 Å². The Kier molecular flexibility index (Phi) is 3.67. The second-order valence-electron chi connectivity index (χ2n) is 3.87. The zero-order valence-corrected chi connectivity index (χ0v) is 10.2. The van der Waals surface area contributed by atoms with Crippen molar-refractivity contribution in [2.24, 2.45) is 0 Å². The molecule has 1 atom stereocenters. The molecule has 88 valence electrons. The van der Waals surface area contributed by atoms with Crippen molar-refractivity contribution in [1.82, 2.24) is 4.31 Å². The van der Waals surface area contributed by atoms with Gasteiger partial charge in [0, 0.05) is 12.6 Å². The Hall–Kier alpha value is -1.51. The van der Waals surface area contributed by atoms with Gasteiger partial charge in [-0.15, -0.1) is 0 Å². The van der Waals surface area contributed by atoms with Crippen LogP contribution in [0.5, 0.6) is 0 Å². The Morgan fingerprint density at radius 1 is 1.53 bits per heavy atom. The summed E-state index contributed by atoms with van der Waals surface area (Å²) >= 11 is 1.47. The Bertz CT molecular complexity index is 469. The van der Waals surface area contributed by atoms with Gasteiger partial charge in [0.15, 0.2) is 0 Å². The van der Waals surface area contributed by atoms with Crippen LogP contribution in [-0.2, 0) is 0 Å². The lowest BCUT2D eigenvalue weighted by molar-refractivity contribution is -0.353. The van der Waals surface area contributed by atoms with E-state index in [9.17, 15) is 5.21 Å². The first-order valence-corrected chi connectivity index (χ1v) is 6.20. The highest BCUT2D eigenvalue weighted by Crippen LogP contribution is 2.35. The maximum absolute atomic E-state index is 11.3. The Balaban J connectivity index is 2.19. The monoisotopic (exact) mass is 247 g/mol. The molecular formula is C12H13N3OS. The molecule has 1 aliphatic heterocycles. The molecule has 5 heteroatoms. The van der Waals surface area contributed by atoms with Gasteiger partial charge in [0.25, 0.3) is 0 Å². The lowest BCUT2D eigenvalue weighted by atomic mass is 10.2. The molecule has 0 aromatic heterocycles. The summed E-state index contributed by atoms with van der Waals surface area (Å²) in [6.07, 6.45) is 1.93. The molecule has 4 nitrogen and oxygen atoms in total. The lowest BCUT2D eigenvalue weighted by Crippen LogP contribution is -2.20. The molecule has 0 unspecified atom stereocenters. The minimum absolute atomic E-state index is 0.0574. The van der Waals surface area contributed by atoms with Crippen LogP contribution < -0.4 is 0 Å². The molecule has 0 bridgehead atoms. The molecule has 1 fully saturated rings.